The molecule has 2 bridgehead atoms. The third-order valence-electron chi connectivity index (χ3n) is 8.03. The molecular weight excluding hydrogens is 464 g/mol. The molecule has 4 atom stereocenters. The van der Waals surface area contributed by atoms with Gasteiger partial charge in [0.15, 0.2) is 0 Å². The van der Waals surface area contributed by atoms with E-state index in [1.165, 1.54) is 17.0 Å². The highest BCUT2D eigenvalue weighted by Gasteiger charge is 2.62. The van der Waals surface area contributed by atoms with E-state index < -0.39 is 16.8 Å². The van der Waals surface area contributed by atoms with Crippen LogP contribution in [0.5, 0.6) is 0 Å². The lowest BCUT2D eigenvalue weighted by Crippen LogP contribution is -2.34. The number of nitro groups is 1. The number of anilines is 1. The van der Waals surface area contributed by atoms with Gasteiger partial charge in [-0.2, -0.15) is 0 Å². The van der Waals surface area contributed by atoms with E-state index in [2.05, 4.69) is 74.5 Å². The number of allylic oxidation sites excluding steroid dienone is 3. The van der Waals surface area contributed by atoms with Crippen LogP contribution in [-0.4, -0.2) is 16.7 Å². The average molecular weight is 491 g/mol. The number of hydrogen-bond acceptors (Lipinski definition) is 4. The third-order valence-corrected chi connectivity index (χ3v) is 8.03. The minimum Gasteiger partial charge on any atom is -0.274 e. The second-order valence-electron chi connectivity index (χ2n) is 10.3. The van der Waals surface area contributed by atoms with Crippen LogP contribution in [0.15, 0.2) is 84.5 Å². The first-order chi connectivity index (χ1) is 17.8. The first-order valence-electron chi connectivity index (χ1n) is 12.5. The Kier molecular flexibility index (Phi) is 5.23. The van der Waals surface area contributed by atoms with Crippen LogP contribution in [0.25, 0.3) is 5.57 Å². The zero-order valence-corrected chi connectivity index (χ0v) is 20.8. The minimum atomic E-state index is -0.512. The highest BCUT2D eigenvalue weighted by Crippen LogP contribution is 2.59. The first kappa shape index (κ1) is 23.1. The molecule has 3 aliphatic rings. The maximum absolute atomic E-state index is 13.8. The van der Waals surface area contributed by atoms with Gasteiger partial charge in [0.25, 0.3) is 5.69 Å². The van der Waals surface area contributed by atoms with Crippen LogP contribution in [0.2, 0.25) is 0 Å². The fraction of sp³-hybridized carbons (Fsp3) is 0.226. The van der Waals surface area contributed by atoms with Crippen molar-refractivity contribution in [3.63, 3.8) is 0 Å². The molecule has 1 saturated heterocycles. The number of aryl methyl sites for hydroxylation is 3. The van der Waals surface area contributed by atoms with Crippen molar-refractivity contribution in [2.75, 3.05) is 4.90 Å². The number of nitrogens with zero attached hydrogens (tertiary/aromatic N) is 2. The Morgan fingerprint density at radius 1 is 0.757 bits per heavy atom. The highest BCUT2D eigenvalue weighted by molar-refractivity contribution is 6.24. The molecule has 6 rings (SSSR count). The van der Waals surface area contributed by atoms with Gasteiger partial charge < -0.3 is 0 Å². The van der Waals surface area contributed by atoms with Gasteiger partial charge in [-0.3, -0.25) is 19.7 Å². The van der Waals surface area contributed by atoms with Crippen LogP contribution < -0.4 is 4.90 Å². The van der Waals surface area contributed by atoms with Crippen molar-refractivity contribution in [2.45, 2.75) is 20.8 Å². The van der Waals surface area contributed by atoms with E-state index in [0.717, 1.165) is 33.4 Å². The molecule has 3 aromatic carbocycles. The number of carbonyl (C=O) groups excluding carboxylic acids is 2. The number of carbonyl (C=O) groups is 2. The van der Waals surface area contributed by atoms with Gasteiger partial charge in [-0.05, 0) is 48.6 Å². The fourth-order valence-corrected chi connectivity index (χ4v) is 6.23. The molecule has 3 aromatic rings. The molecule has 0 spiro atoms. The zero-order chi connectivity index (χ0) is 26.0. The molecular formula is C31H26N2O4. The van der Waals surface area contributed by atoms with Gasteiger partial charge in [0.2, 0.25) is 11.8 Å². The summed E-state index contributed by atoms with van der Waals surface area (Å²) in [5.41, 5.74) is 7.46. The number of nitro benzene ring substituents is 1. The topological polar surface area (TPSA) is 80.5 Å². The summed E-state index contributed by atoms with van der Waals surface area (Å²) in [4.78, 5) is 39.7. The molecule has 6 nitrogen and oxygen atoms in total. The summed E-state index contributed by atoms with van der Waals surface area (Å²) < 4.78 is 0. The standard InChI is InChI=1S/C31H26N2O4/c1-17-4-9-20(10-5-17)26(21-11-6-18(2)7-12-21)27-23-14-15-24(27)29-28(23)30(34)32(31(29)35)25-16-22(33(36)37)13-8-19(25)3/h4-16,23-24,28-29H,1-3H3/t23-,24-,28-,29+/m1/s1. The van der Waals surface area contributed by atoms with Gasteiger partial charge in [-0.25, -0.2) is 4.90 Å². The zero-order valence-electron chi connectivity index (χ0n) is 20.8. The third kappa shape index (κ3) is 3.47. The number of benzene rings is 3. The van der Waals surface area contributed by atoms with E-state index in [4.69, 9.17) is 0 Å². The molecule has 0 radical (unpaired) electrons. The van der Waals surface area contributed by atoms with Crippen molar-refractivity contribution < 1.29 is 14.5 Å². The highest BCUT2D eigenvalue weighted by atomic mass is 16.6. The van der Waals surface area contributed by atoms with Gasteiger partial charge in [0, 0.05) is 24.0 Å². The lowest BCUT2D eigenvalue weighted by Gasteiger charge is -2.22. The smallest absolute Gasteiger partial charge is 0.271 e. The van der Waals surface area contributed by atoms with Crippen molar-refractivity contribution in [2.24, 2.45) is 23.7 Å². The Bertz CT molecular complexity index is 1450. The van der Waals surface area contributed by atoms with Gasteiger partial charge in [-0.1, -0.05) is 77.9 Å². The Hall–Kier alpha value is -4.32. The second kappa shape index (κ2) is 8.37. The number of fused-ring (bicyclic) bond motifs is 5. The summed E-state index contributed by atoms with van der Waals surface area (Å²) in [6.07, 6.45) is 4.14. The van der Waals surface area contributed by atoms with E-state index in [0.29, 0.717) is 11.3 Å². The maximum atomic E-state index is 13.8. The lowest BCUT2D eigenvalue weighted by atomic mass is 9.85. The summed E-state index contributed by atoms with van der Waals surface area (Å²) in [5, 5.41) is 11.4. The summed E-state index contributed by atoms with van der Waals surface area (Å²) in [6, 6.07) is 21.1. The van der Waals surface area contributed by atoms with E-state index in [9.17, 15) is 19.7 Å². The van der Waals surface area contributed by atoms with Crippen molar-refractivity contribution in [3.8, 4) is 0 Å². The van der Waals surface area contributed by atoms with Crippen molar-refractivity contribution >= 4 is 28.8 Å². The van der Waals surface area contributed by atoms with Crippen LogP contribution in [0.1, 0.15) is 27.8 Å². The van der Waals surface area contributed by atoms with Crippen molar-refractivity contribution in [3.05, 3.63) is 122 Å². The van der Waals surface area contributed by atoms with E-state index in [-0.39, 0.29) is 29.3 Å². The predicted octanol–water partition coefficient (Wildman–Crippen LogP) is 5.94. The van der Waals surface area contributed by atoms with Crippen LogP contribution in [0, 0.1) is 54.6 Å². The minimum absolute atomic E-state index is 0.138. The first-order valence-corrected chi connectivity index (χ1v) is 12.5. The maximum Gasteiger partial charge on any atom is 0.271 e. The Balaban J connectivity index is 1.48. The summed E-state index contributed by atoms with van der Waals surface area (Å²) in [6.45, 7) is 5.86. The predicted molar refractivity (Wildman–Crippen MR) is 142 cm³/mol. The molecule has 184 valence electrons. The summed E-state index contributed by atoms with van der Waals surface area (Å²) in [5.74, 6) is -1.98. The molecule has 1 aliphatic heterocycles. The van der Waals surface area contributed by atoms with Crippen molar-refractivity contribution in [1.29, 1.82) is 0 Å². The lowest BCUT2D eigenvalue weighted by molar-refractivity contribution is -0.384. The fourth-order valence-electron chi connectivity index (χ4n) is 6.23. The molecule has 1 heterocycles. The number of rotatable bonds is 4. The van der Waals surface area contributed by atoms with Crippen LogP contribution in [0.3, 0.4) is 0 Å². The van der Waals surface area contributed by atoms with Crippen LogP contribution >= 0.6 is 0 Å². The molecule has 0 unspecified atom stereocenters. The molecule has 37 heavy (non-hydrogen) atoms. The van der Waals surface area contributed by atoms with E-state index >= 15 is 0 Å². The molecule has 2 amide bonds. The monoisotopic (exact) mass is 490 g/mol. The summed E-state index contributed by atoms with van der Waals surface area (Å²) >= 11 is 0. The Morgan fingerprint density at radius 2 is 1.24 bits per heavy atom. The molecule has 1 saturated carbocycles. The molecule has 2 aliphatic carbocycles. The second-order valence-corrected chi connectivity index (χ2v) is 10.3. The van der Waals surface area contributed by atoms with Crippen molar-refractivity contribution in [1.82, 2.24) is 0 Å². The summed E-state index contributed by atoms with van der Waals surface area (Å²) in [7, 11) is 0. The number of imide groups is 1. The van der Waals surface area contributed by atoms with Gasteiger partial charge in [0.1, 0.15) is 0 Å². The number of non-ortho nitro benzene ring substituents is 1. The van der Waals surface area contributed by atoms with E-state index in [1.54, 1.807) is 13.0 Å². The van der Waals surface area contributed by atoms with Crippen LogP contribution in [-0.2, 0) is 9.59 Å². The van der Waals surface area contributed by atoms with Crippen LogP contribution in [0.4, 0.5) is 11.4 Å². The average Bonchev–Trinajstić information content (AvgIpc) is 3.51. The van der Waals surface area contributed by atoms with E-state index in [1.807, 2.05) is 0 Å². The Morgan fingerprint density at radius 3 is 1.70 bits per heavy atom. The molecule has 6 heteroatoms. The molecule has 0 aromatic heterocycles. The van der Waals surface area contributed by atoms with Gasteiger partial charge in [-0.15, -0.1) is 0 Å². The quantitative estimate of drug-likeness (QED) is 0.196. The number of hydrogen-bond donors (Lipinski definition) is 0. The number of amides is 2. The SMILES string of the molecule is Cc1ccc(C(=C2[C@H]3C=C[C@H]2[C@H]2C(=O)N(c4cc([N+](=O)[O-])ccc4C)C(=O)[C@H]23)c2ccc(C)cc2)cc1. The van der Waals surface area contributed by atoms with Gasteiger partial charge >= 0.3 is 0 Å². The Labute approximate surface area is 215 Å². The van der Waals surface area contributed by atoms with Gasteiger partial charge in [0.05, 0.1) is 22.4 Å². The molecule has 2 fully saturated rings. The normalized spacial score (nSPS) is 23.6. The molecule has 0 N–H and O–H groups in total. The largest absolute Gasteiger partial charge is 0.274 e.